The van der Waals surface area contributed by atoms with Crippen molar-refractivity contribution in [3.05, 3.63) is 82.0 Å². The van der Waals surface area contributed by atoms with Gasteiger partial charge in [0.25, 0.3) is 5.56 Å². The van der Waals surface area contributed by atoms with Gasteiger partial charge in [-0.1, -0.05) is 43.5 Å². The van der Waals surface area contributed by atoms with E-state index in [1.54, 1.807) is 29.0 Å². The lowest BCUT2D eigenvalue weighted by Crippen LogP contribution is -2.39. The number of nitrogens with zero attached hydrogens (tertiary/aromatic N) is 4. The number of rotatable bonds is 9. The van der Waals surface area contributed by atoms with Crippen molar-refractivity contribution in [1.82, 2.24) is 24.8 Å². The Morgan fingerprint density at radius 3 is 2.53 bits per heavy atom. The highest BCUT2D eigenvalue weighted by Crippen LogP contribution is 2.34. The summed E-state index contributed by atoms with van der Waals surface area (Å²) in [4.78, 5) is 25.8. The van der Waals surface area contributed by atoms with Crippen LogP contribution in [0.25, 0.3) is 22.2 Å². The van der Waals surface area contributed by atoms with Crippen molar-refractivity contribution in [1.29, 1.82) is 0 Å². The molecular formula is C36H43FN6O2. The second-order valence-electron chi connectivity index (χ2n) is 12.9. The van der Waals surface area contributed by atoms with E-state index >= 15 is 4.39 Å². The van der Waals surface area contributed by atoms with E-state index in [2.05, 4.69) is 44.8 Å². The van der Waals surface area contributed by atoms with Crippen molar-refractivity contribution in [2.24, 2.45) is 5.92 Å². The van der Waals surface area contributed by atoms with Crippen molar-refractivity contribution in [2.45, 2.75) is 57.4 Å². The van der Waals surface area contributed by atoms with Crippen LogP contribution < -0.4 is 16.2 Å². The molecule has 2 N–H and O–H groups in total. The van der Waals surface area contributed by atoms with Gasteiger partial charge in [-0.2, -0.15) is 4.98 Å². The van der Waals surface area contributed by atoms with Crippen molar-refractivity contribution in [3.8, 4) is 11.1 Å². The number of benzene rings is 2. The Labute approximate surface area is 264 Å². The lowest BCUT2D eigenvalue weighted by Gasteiger charge is -2.27. The number of fused-ring (bicyclic) bond motifs is 1. The van der Waals surface area contributed by atoms with Gasteiger partial charge < -0.3 is 15.4 Å². The maximum absolute atomic E-state index is 15.7. The molecule has 1 saturated carbocycles. The third-order valence-electron chi connectivity index (χ3n) is 9.83. The summed E-state index contributed by atoms with van der Waals surface area (Å²) in [6, 6.07) is 15.6. The molecule has 0 bridgehead atoms. The van der Waals surface area contributed by atoms with Crippen molar-refractivity contribution >= 4 is 22.7 Å². The van der Waals surface area contributed by atoms with Crippen LogP contribution >= 0.6 is 0 Å². The number of aromatic nitrogens is 3. The monoisotopic (exact) mass is 610 g/mol. The molecule has 8 nitrogen and oxygen atoms in total. The molecule has 1 unspecified atom stereocenters. The summed E-state index contributed by atoms with van der Waals surface area (Å²) < 4.78 is 22.9. The first-order valence-electron chi connectivity index (χ1n) is 16.7. The summed E-state index contributed by atoms with van der Waals surface area (Å²) in [5.74, 6) is 1.16. The molecule has 2 aromatic heterocycles. The van der Waals surface area contributed by atoms with Crippen molar-refractivity contribution < 1.29 is 9.13 Å². The standard InChI is InChI=1S/C36H43FN6O2/c37-33-22-28(27-4-2-1-3-5-27)8-11-31(33)32-21-29-24-39-36(40-30-9-6-25(7-10-30)20-26-12-13-38-23-26)41-34(29)43(35(32)44)15-14-42-16-18-45-19-17-42/h6-11,21-22,24,26-27,38H,1-5,12-20,23H2,(H,39,40,41). The van der Waals surface area contributed by atoms with E-state index < -0.39 is 0 Å². The van der Waals surface area contributed by atoms with E-state index in [1.165, 1.54) is 31.2 Å². The number of hydrogen-bond donors (Lipinski definition) is 2. The molecule has 45 heavy (non-hydrogen) atoms. The summed E-state index contributed by atoms with van der Waals surface area (Å²) in [5, 5.41) is 7.46. The normalized spacial score (nSPS) is 19.7. The van der Waals surface area contributed by atoms with E-state index in [0.717, 1.165) is 56.7 Å². The van der Waals surface area contributed by atoms with E-state index in [9.17, 15) is 4.79 Å². The molecule has 2 saturated heterocycles. The minimum Gasteiger partial charge on any atom is -0.379 e. The predicted octanol–water partition coefficient (Wildman–Crippen LogP) is 5.87. The number of morpholine rings is 1. The second-order valence-corrected chi connectivity index (χ2v) is 12.9. The highest BCUT2D eigenvalue weighted by atomic mass is 19.1. The Balaban J connectivity index is 1.19. The molecule has 236 valence electrons. The summed E-state index contributed by atoms with van der Waals surface area (Å²) in [5.41, 5.74) is 4.21. The molecule has 1 aliphatic carbocycles. The van der Waals surface area contributed by atoms with Crippen molar-refractivity contribution in [2.75, 3.05) is 51.3 Å². The SMILES string of the molecule is O=c1c(-c2ccc(C3CCCCC3)cc2F)cc2cnc(Nc3ccc(CC4CCNC4)cc3)nc2n1CCN1CCOCC1. The predicted molar refractivity (Wildman–Crippen MR) is 177 cm³/mol. The number of ether oxygens (including phenoxy) is 1. The Morgan fingerprint density at radius 1 is 0.956 bits per heavy atom. The number of anilines is 2. The zero-order chi connectivity index (χ0) is 30.6. The molecule has 0 amide bonds. The number of nitrogens with one attached hydrogen (secondary N) is 2. The van der Waals surface area contributed by atoms with Crippen LogP contribution in [0.1, 0.15) is 55.6 Å². The first-order valence-corrected chi connectivity index (χ1v) is 16.7. The lowest BCUT2D eigenvalue weighted by atomic mass is 9.83. The Kier molecular flexibility index (Phi) is 9.18. The van der Waals surface area contributed by atoms with Gasteiger partial charge in [0, 0.05) is 49.0 Å². The first kappa shape index (κ1) is 30.0. The summed E-state index contributed by atoms with van der Waals surface area (Å²) in [6.07, 6.45) is 9.84. The molecule has 0 spiro atoms. The highest BCUT2D eigenvalue weighted by molar-refractivity contribution is 5.82. The first-order chi connectivity index (χ1) is 22.1. The summed E-state index contributed by atoms with van der Waals surface area (Å²) in [7, 11) is 0. The zero-order valence-corrected chi connectivity index (χ0v) is 25.9. The van der Waals surface area contributed by atoms with Crippen molar-refractivity contribution in [3.63, 3.8) is 0 Å². The molecule has 7 rings (SSSR count). The van der Waals surface area contributed by atoms with Crippen LogP contribution in [0, 0.1) is 11.7 Å². The van der Waals surface area contributed by atoms with Crippen LogP contribution in [-0.2, 0) is 17.7 Å². The van der Waals surface area contributed by atoms with E-state index in [0.29, 0.717) is 66.2 Å². The van der Waals surface area contributed by atoms with E-state index in [4.69, 9.17) is 9.72 Å². The average molecular weight is 611 g/mol. The smallest absolute Gasteiger partial charge is 0.260 e. The molecule has 0 radical (unpaired) electrons. The van der Waals surface area contributed by atoms with E-state index in [1.807, 2.05) is 6.07 Å². The third-order valence-corrected chi connectivity index (χ3v) is 9.83. The van der Waals surface area contributed by atoms with Crippen LogP contribution in [0.4, 0.5) is 16.0 Å². The second kappa shape index (κ2) is 13.8. The van der Waals surface area contributed by atoms with Gasteiger partial charge in [0.2, 0.25) is 5.95 Å². The van der Waals surface area contributed by atoms with Crippen LogP contribution in [-0.4, -0.2) is 65.4 Å². The number of hydrogen-bond acceptors (Lipinski definition) is 7. The Morgan fingerprint density at radius 2 is 1.78 bits per heavy atom. The molecule has 1 atom stereocenters. The van der Waals surface area contributed by atoms with E-state index in [-0.39, 0.29) is 11.4 Å². The fraction of sp³-hybridized carbons (Fsp3) is 0.472. The largest absolute Gasteiger partial charge is 0.379 e. The van der Waals surface area contributed by atoms with Gasteiger partial charge in [0.1, 0.15) is 11.5 Å². The average Bonchev–Trinajstić information content (AvgIpc) is 3.59. The quantitative estimate of drug-likeness (QED) is 0.245. The molecule has 4 aromatic rings. The topological polar surface area (TPSA) is 84.3 Å². The number of pyridine rings is 1. The fourth-order valence-corrected chi connectivity index (χ4v) is 7.20. The van der Waals surface area contributed by atoms with Crippen LogP contribution in [0.15, 0.2) is 59.5 Å². The molecule has 2 aliphatic heterocycles. The van der Waals surface area contributed by atoms with Gasteiger partial charge in [0.15, 0.2) is 0 Å². The van der Waals surface area contributed by atoms with Gasteiger partial charge >= 0.3 is 0 Å². The highest BCUT2D eigenvalue weighted by Gasteiger charge is 2.21. The molecule has 3 aliphatic rings. The Bertz CT molecular complexity index is 1670. The van der Waals surface area contributed by atoms with Gasteiger partial charge in [-0.15, -0.1) is 0 Å². The Hall–Kier alpha value is -3.66. The molecule has 9 heteroatoms. The minimum absolute atomic E-state index is 0.240. The number of halogens is 1. The minimum atomic E-state index is -0.346. The summed E-state index contributed by atoms with van der Waals surface area (Å²) >= 11 is 0. The third kappa shape index (κ3) is 6.95. The summed E-state index contributed by atoms with van der Waals surface area (Å²) in [6.45, 7) is 6.29. The molecule has 2 aromatic carbocycles. The van der Waals surface area contributed by atoms with Gasteiger partial charge in [-0.3, -0.25) is 14.3 Å². The van der Waals surface area contributed by atoms with Gasteiger partial charge in [-0.05, 0) is 86.0 Å². The zero-order valence-electron chi connectivity index (χ0n) is 25.9. The maximum Gasteiger partial charge on any atom is 0.260 e. The molecule has 4 heterocycles. The lowest BCUT2D eigenvalue weighted by molar-refractivity contribution is 0.0364. The molecule has 3 fully saturated rings. The fourth-order valence-electron chi connectivity index (χ4n) is 7.20. The maximum atomic E-state index is 15.7. The van der Waals surface area contributed by atoms with Crippen LogP contribution in [0.5, 0.6) is 0 Å². The molecular weight excluding hydrogens is 567 g/mol. The van der Waals surface area contributed by atoms with Gasteiger partial charge in [0.05, 0.1) is 18.8 Å². The van der Waals surface area contributed by atoms with Crippen LogP contribution in [0.2, 0.25) is 0 Å². The van der Waals surface area contributed by atoms with Gasteiger partial charge in [-0.25, -0.2) is 9.37 Å². The van der Waals surface area contributed by atoms with Crippen LogP contribution in [0.3, 0.4) is 0 Å².